The van der Waals surface area contributed by atoms with E-state index in [2.05, 4.69) is 5.32 Å². The third-order valence-corrected chi connectivity index (χ3v) is 7.43. The Morgan fingerprint density at radius 2 is 1.79 bits per heavy atom. The van der Waals surface area contributed by atoms with Crippen LogP contribution >= 0.6 is 0 Å². The Balaban J connectivity index is 1.57. The molecule has 1 heterocycles. The predicted molar refractivity (Wildman–Crippen MR) is 117 cm³/mol. The van der Waals surface area contributed by atoms with Gasteiger partial charge in [-0.3, -0.25) is 24.1 Å². The number of alkyl carbamates (subject to hydrolysis) is 1. The largest absolute Gasteiger partial charge is 0.465 e. The number of nitrogens with zero attached hydrogens (tertiary/aromatic N) is 1. The summed E-state index contributed by atoms with van der Waals surface area (Å²) in [6, 6.07) is 0. The van der Waals surface area contributed by atoms with E-state index >= 15 is 0 Å². The maximum Gasteiger partial charge on any atom is 0.407 e. The molecule has 4 rings (SSSR count). The van der Waals surface area contributed by atoms with Crippen molar-refractivity contribution in [2.45, 2.75) is 52.2 Å². The number of amides is 3. The number of nitrogens with one attached hydrogen (secondary N) is 1. The van der Waals surface area contributed by atoms with E-state index in [0.29, 0.717) is 18.4 Å². The maximum atomic E-state index is 13.3. The lowest BCUT2D eigenvalue weighted by molar-refractivity contribution is -0.145. The lowest BCUT2D eigenvalue weighted by atomic mass is 9.67. The first-order valence-electron chi connectivity index (χ1n) is 11.2. The van der Waals surface area contributed by atoms with E-state index in [0.717, 1.165) is 22.6 Å². The molecule has 0 aromatic rings. The van der Waals surface area contributed by atoms with Gasteiger partial charge in [-0.05, 0) is 33.6 Å². The van der Waals surface area contributed by atoms with Crippen molar-refractivity contribution in [3.63, 3.8) is 0 Å². The van der Waals surface area contributed by atoms with Gasteiger partial charge in [0.05, 0.1) is 5.41 Å². The van der Waals surface area contributed by atoms with Crippen molar-refractivity contribution in [3.8, 4) is 0 Å². The van der Waals surface area contributed by atoms with E-state index in [4.69, 9.17) is 9.47 Å². The van der Waals surface area contributed by atoms with Crippen LogP contribution in [0.2, 0.25) is 0 Å². The van der Waals surface area contributed by atoms with E-state index in [1.54, 1.807) is 13.0 Å². The first kappa shape index (κ1) is 23.9. The van der Waals surface area contributed by atoms with Crippen molar-refractivity contribution in [2.75, 3.05) is 19.7 Å². The molecule has 0 saturated heterocycles. The second kappa shape index (κ2) is 7.90. The van der Waals surface area contributed by atoms with Gasteiger partial charge in [0.1, 0.15) is 18.3 Å². The van der Waals surface area contributed by atoms with Crippen LogP contribution in [0.15, 0.2) is 34.9 Å². The maximum absolute atomic E-state index is 13.3. The molecular weight excluding hydrogens is 444 g/mol. The molecule has 3 amide bonds. The normalized spacial score (nSPS) is 31.1. The Morgan fingerprint density at radius 3 is 2.35 bits per heavy atom. The summed E-state index contributed by atoms with van der Waals surface area (Å²) < 4.78 is 11.0. The quantitative estimate of drug-likeness (QED) is 0.430. The molecule has 0 aromatic carbocycles. The van der Waals surface area contributed by atoms with Crippen LogP contribution in [0.4, 0.5) is 4.79 Å². The number of imide groups is 1. The summed E-state index contributed by atoms with van der Waals surface area (Å²) in [5.41, 5.74) is -1.72. The van der Waals surface area contributed by atoms with Crippen molar-refractivity contribution in [1.82, 2.24) is 10.2 Å². The highest BCUT2D eigenvalue weighted by molar-refractivity contribution is 6.13. The molecule has 0 aromatic heterocycles. The van der Waals surface area contributed by atoms with Gasteiger partial charge < -0.3 is 19.9 Å². The van der Waals surface area contributed by atoms with Gasteiger partial charge in [0.2, 0.25) is 0 Å². The SMILES string of the molecule is CC(=O)OCC1(C)C=C2C(=O)C(C)(O)C3(CC3)C(C)=C2C1OC(=O)NCCN1C(=O)C=CC1=O. The van der Waals surface area contributed by atoms with Gasteiger partial charge in [-0.2, -0.15) is 0 Å². The molecule has 3 unspecified atom stereocenters. The molecule has 4 aliphatic rings. The molecule has 0 radical (unpaired) electrons. The van der Waals surface area contributed by atoms with Crippen LogP contribution in [0.5, 0.6) is 0 Å². The minimum Gasteiger partial charge on any atom is -0.465 e. The van der Waals surface area contributed by atoms with Gasteiger partial charge in [-0.25, -0.2) is 4.79 Å². The number of hydrogen-bond donors (Lipinski definition) is 2. The predicted octanol–water partition coefficient (Wildman–Crippen LogP) is 0.946. The number of aliphatic hydroxyl groups is 1. The Morgan fingerprint density at radius 1 is 1.18 bits per heavy atom. The van der Waals surface area contributed by atoms with Crippen LogP contribution in [0.25, 0.3) is 0 Å². The zero-order chi connectivity index (χ0) is 25.1. The van der Waals surface area contributed by atoms with E-state index in [1.165, 1.54) is 13.8 Å². The Bertz CT molecular complexity index is 1080. The lowest BCUT2D eigenvalue weighted by Gasteiger charge is -2.40. The molecule has 2 N–H and O–H groups in total. The molecule has 3 aliphatic carbocycles. The number of carbonyl (C=O) groups is 5. The molecular formula is C24H28N2O8. The zero-order valence-electron chi connectivity index (χ0n) is 19.6. The van der Waals surface area contributed by atoms with Crippen LogP contribution in [0.1, 0.15) is 40.5 Å². The van der Waals surface area contributed by atoms with Crippen molar-refractivity contribution in [1.29, 1.82) is 0 Å². The average molecular weight is 472 g/mol. The Kier molecular flexibility index (Phi) is 5.55. The second-order valence-electron chi connectivity index (χ2n) is 9.74. The zero-order valence-corrected chi connectivity index (χ0v) is 19.6. The van der Waals surface area contributed by atoms with E-state index in [-0.39, 0.29) is 25.3 Å². The number of carbonyl (C=O) groups excluding carboxylic acids is 5. The molecule has 3 atom stereocenters. The summed E-state index contributed by atoms with van der Waals surface area (Å²) >= 11 is 0. The van der Waals surface area contributed by atoms with Gasteiger partial charge in [0.15, 0.2) is 5.78 Å². The lowest BCUT2D eigenvalue weighted by Crippen LogP contribution is -2.50. The molecule has 34 heavy (non-hydrogen) atoms. The van der Waals surface area contributed by atoms with E-state index < -0.39 is 52.2 Å². The summed E-state index contributed by atoms with van der Waals surface area (Å²) in [6.45, 7) is 6.15. The van der Waals surface area contributed by atoms with Crippen LogP contribution in [0, 0.1) is 10.8 Å². The first-order chi connectivity index (χ1) is 15.8. The molecule has 0 bridgehead atoms. The molecule has 1 spiro atoms. The summed E-state index contributed by atoms with van der Waals surface area (Å²) in [5, 5.41) is 13.6. The van der Waals surface area contributed by atoms with Gasteiger partial charge in [0, 0.05) is 48.7 Å². The molecule has 1 fully saturated rings. The second-order valence-corrected chi connectivity index (χ2v) is 9.74. The van der Waals surface area contributed by atoms with Gasteiger partial charge >= 0.3 is 12.1 Å². The van der Waals surface area contributed by atoms with Crippen LogP contribution in [-0.4, -0.2) is 71.1 Å². The topological polar surface area (TPSA) is 139 Å². The fourth-order valence-corrected chi connectivity index (χ4v) is 5.27. The first-order valence-corrected chi connectivity index (χ1v) is 11.2. The third kappa shape index (κ3) is 3.56. The van der Waals surface area contributed by atoms with Gasteiger partial charge in [-0.15, -0.1) is 0 Å². The fourth-order valence-electron chi connectivity index (χ4n) is 5.27. The molecule has 10 nitrogen and oxygen atoms in total. The number of rotatable bonds is 6. The number of Topliss-reactive ketones (excluding diaryl/α,β-unsaturated/α-hetero) is 1. The third-order valence-electron chi connectivity index (χ3n) is 7.43. The van der Waals surface area contributed by atoms with Gasteiger partial charge in [-0.1, -0.05) is 11.6 Å². The van der Waals surface area contributed by atoms with Crippen molar-refractivity contribution in [3.05, 3.63) is 34.9 Å². The van der Waals surface area contributed by atoms with E-state index in [1.807, 2.05) is 6.92 Å². The number of esters is 1. The number of ether oxygens (including phenoxy) is 2. The van der Waals surface area contributed by atoms with Crippen LogP contribution < -0.4 is 5.32 Å². The fraction of sp³-hybridized carbons (Fsp3) is 0.542. The number of fused-ring (bicyclic) bond motifs is 1. The summed E-state index contributed by atoms with van der Waals surface area (Å²) in [7, 11) is 0. The minimum atomic E-state index is -1.57. The van der Waals surface area contributed by atoms with Crippen molar-refractivity contribution >= 4 is 29.7 Å². The molecule has 10 heteroatoms. The molecule has 1 saturated carbocycles. The summed E-state index contributed by atoms with van der Waals surface area (Å²) in [5.74, 6) is -1.87. The van der Waals surface area contributed by atoms with Crippen molar-refractivity contribution < 1.29 is 38.6 Å². The smallest absolute Gasteiger partial charge is 0.407 e. The van der Waals surface area contributed by atoms with Crippen molar-refractivity contribution in [2.24, 2.45) is 10.8 Å². The Hall–Kier alpha value is -3.27. The highest BCUT2D eigenvalue weighted by Gasteiger charge is 2.67. The minimum absolute atomic E-state index is 0.0230. The van der Waals surface area contributed by atoms with Gasteiger partial charge in [0.25, 0.3) is 11.8 Å². The molecule has 182 valence electrons. The summed E-state index contributed by atoms with van der Waals surface area (Å²) in [4.78, 5) is 61.8. The monoisotopic (exact) mass is 472 g/mol. The average Bonchev–Trinajstić information content (AvgIpc) is 3.46. The molecule has 1 aliphatic heterocycles. The number of hydrogen-bond acceptors (Lipinski definition) is 8. The summed E-state index contributed by atoms with van der Waals surface area (Å²) in [6.07, 6.45) is 3.47. The van der Waals surface area contributed by atoms with Crippen LogP contribution in [-0.2, 0) is 28.7 Å². The number of ketones is 1. The standard InChI is InChI=1S/C24H28N2O8/c1-13-18-15(19(30)23(4,32)24(13)7-8-24)11-22(3,12-33-14(2)27)20(18)34-21(31)25-9-10-26-16(28)5-6-17(26)29/h5-6,11,20,32H,7-10,12H2,1-4H3,(H,25,31). The highest BCUT2D eigenvalue weighted by Crippen LogP contribution is 2.65. The van der Waals surface area contributed by atoms with E-state index in [9.17, 15) is 29.1 Å². The Labute approximate surface area is 196 Å². The highest BCUT2D eigenvalue weighted by atomic mass is 16.6. The van der Waals surface area contributed by atoms with Crippen LogP contribution in [0.3, 0.4) is 0 Å².